The van der Waals surface area contributed by atoms with Gasteiger partial charge in [0.05, 0.1) is 12.1 Å². The molecule has 2 fully saturated rings. The molecule has 2 aliphatic rings. The van der Waals surface area contributed by atoms with Crippen molar-refractivity contribution in [1.82, 2.24) is 5.43 Å². The highest BCUT2D eigenvalue weighted by Gasteiger charge is 2.40. The Bertz CT molecular complexity index is 214. The van der Waals surface area contributed by atoms with Gasteiger partial charge in [-0.05, 0) is 25.2 Å². The molecule has 2 atom stereocenters. The van der Waals surface area contributed by atoms with E-state index in [1.54, 1.807) is 0 Å². The van der Waals surface area contributed by atoms with E-state index in [9.17, 15) is 0 Å². The van der Waals surface area contributed by atoms with E-state index in [1.165, 1.54) is 12.8 Å². The van der Waals surface area contributed by atoms with Gasteiger partial charge in [0.25, 0.3) is 0 Å². The second-order valence-electron chi connectivity index (χ2n) is 3.69. The summed E-state index contributed by atoms with van der Waals surface area (Å²) < 4.78 is 5.60. The summed E-state index contributed by atoms with van der Waals surface area (Å²) in [6.45, 7) is 0.799. The Morgan fingerprint density at radius 3 is 2.77 bits per heavy atom. The van der Waals surface area contributed by atoms with Crippen LogP contribution in [-0.2, 0) is 4.74 Å². The molecule has 1 saturated heterocycles. The van der Waals surface area contributed by atoms with Crippen molar-refractivity contribution in [2.24, 2.45) is 22.5 Å². The molecule has 5 heteroatoms. The van der Waals surface area contributed by atoms with Crippen molar-refractivity contribution in [1.29, 1.82) is 0 Å². The monoisotopic (exact) mass is 184 g/mol. The third-order valence-corrected chi connectivity index (χ3v) is 2.64. The molecule has 1 aliphatic carbocycles. The number of hydrogen-bond donors (Lipinski definition) is 3. The van der Waals surface area contributed by atoms with Crippen molar-refractivity contribution < 1.29 is 4.74 Å². The van der Waals surface area contributed by atoms with Crippen LogP contribution in [0, 0.1) is 5.92 Å². The van der Waals surface area contributed by atoms with Crippen molar-refractivity contribution in [2.45, 2.75) is 31.4 Å². The lowest BCUT2D eigenvalue weighted by molar-refractivity contribution is 0.0875. The molecular weight excluding hydrogens is 168 g/mol. The Labute approximate surface area is 77.5 Å². The normalized spacial score (nSPS) is 35.0. The molecular formula is C8H16N4O. The molecule has 5 nitrogen and oxygen atoms in total. The van der Waals surface area contributed by atoms with E-state index in [-0.39, 0.29) is 12.1 Å². The number of rotatable bonds is 2. The van der Waals surface area contributed by atoms with Gasteiger partial charge in [-0.2, -0.15) is 0 Å². The second kappa shape index (κ2) is 3.51. The van der Waals surface area contributed by atoms with Crippen LogP contribution < -0.4 is 17.0 Å². The van der Waals surface area contributed by atoms with Crippen LogP contribution in [0.4, 0.5) is 0 Å². The molecule has 1 saturated carbocycles. The van der Waals surface area contributed by atoms with E-state index >= 15 is 0 Å². The fourth-order valence-electron chi connectivity index (χ4n) is 1.83. The predicted octanol–water partition coefficient (Wildman–Crippen LogP) is -0.668. The van der Waals surface area contributed by atoms with E-state index in [0.717, 1.165) is 13.0 Å². The third-order valence-electron chi connectivity index (χ3n) is 2.64. The lowest BCUT2D eigenvalue weighted by Gasteiger charge is -2.14. The molecule has 13 heavy (non-hydrogen) atoms. The van der Waals surface area contributed by atoms with Crippen LogP contribution in [0.3, 0.4) is 0 Å². The number of nitrogens with one attached hydrogen (secondary N) is 1. The third kappa shape index (κ3) is 1.92. The number of nitrogens with zero attached hydrogens (tertiary/aromatic N) is 1. The van der Waals surface area contributed by atoms with Gasteiger partial charge in [0.2, 0.25) is 5.96 Å². The highest BCUT2D eigenvalue weighted by molar-refractivity contribution is 5.77. The Kier molecular flexibility index (Phi) is 2.37. The van der Waals surface area contributed by atoms with Crippen LogP contribution in [0.5, 0.6) is 0 Å². The summed E-state index contributed by atoms with van der Waals surface area (Å²) in [5.74, 6) is 6.16. The van der Waals surface area contributed by atoms with Gasteiger partial charge >= 0.3 is 0 Å². The largest absolute Gasteiger partial charge is 0.376 e. The number of hydrazine groups is 1. The molecule has 0 aromatic carbocycles. The SMILES string of the molecule is NNC(N)=NC1CCOC1C1CC1. The van der Waals surface area contributed by atoms with E-state index in [2.05, 4.69) is 10.4 Å². The van der Waals surface area contributed by atoms with Gasteiger partial charge < -0.3 is 10.5 Å². The van der Waals surface area contributed by atoms with Gasteiger partial charge in [-0.3, -0.25) is 5.43 Å². The quantitative estimate of drug-likeness (QED) is 0.230. The number of nitrogens with two attached hydrogens (primary N) is 2. The first-order chi connectivity index (χ1) is 6.31. The molecule has 0 radical (unpaired) electrons. The van der Waals surface area contributed by atoms with E-state index < -0.39 is 0 Å². The van der Waals surface area contributed by atoms with E-state index in [1.807, 2.05) is 0 Å². The Balaban J connectivity index is 1.96. The van der Waals surface area contributed by atoms with Crippen LogP contribution in [0.1, 0.15) is 19.3 Å². The lowest BCUT2D eigenvalue weighted by Crippen LogP contribution is -2.39. The van der Waals surface area contributed by atoms with Gasteiger partial charge in [0.15, 0.2) is 0 Å². The molecule has 0 amide bonds. The van der Waals surface area contributed by atoms with Gasteiger partial charge in [-0.1, -0.05) is 0 Å². The summed E-state index contributed by atoms with van der Waals surface area (Å²) in [5, 5.41) is 0. The van der Waals surface area contributed by atoms with Crippen LogP contribution in [0.25, 0.3) is 0 Å². The highest BCUT2D eigenvalue weighted by atomic mass is 16.5. The maximum absolute atomic E-state index is 5.60. The zero-order valence-corrected chi connectivity index (χ0v) is 7.57. The fraction of sp³-hybridized carbons (Fsp3) is 0.875. The van der Waals surface area contributed by atoms with Gasteiger partial charge in [-0.15, -0.1) is 0 Å². The van der Waals surface area contributed by atoms with Crippen LogP contribution in [0.15, 0.2) is 4.99 Å². The number of aliphatic imine (C=N–C) groups is 1. The highest BCUT2D eigenvalue weighted by Crippen LogP contribution is 2.39. The average Bonchev–Trinajstić information content (AvgIpc) is 2.88. The van der Waals surface area contributed by atoms with Gasteiger partial charge in [0, 0.05) is 6.61 Å². The van der Waals surface area contributed by atoms with Crippen LogP contribution >= 0.6 is 0 Å². The van der Waals surface area contributed by atoms with Gasteiger partial charge in [0.1, 0.15) is 0 Å². The first-order valence-electron chi connectivity index (χ1n) is 4.72. The first kappa shape index (κ1) is 8.77. The van der Waals surface area contributed by atoms with Crippen LogP contribution in [-0.4, -0.2) is 24.7 Å². The summed E-state index contributed by atoms with van der Waals surface area (Å²) in [6.07, 6.45) is 3.79. The molecule has 0 aromatic rings. The number of guanidine groups is 1. The minimum atomic E-state index is 0.212. The molecule has 74 valence electrons. The minimum absolute atomic E-state index is 0.212. The summed E-state index contributed by atoms with van der Waals surface area (Å²) in [7, 11) is 0. The minimum Gasteiger partial charge on any atom is -0.376 e. The molecule has 2 unspecified atom stereocenters. The van der Waals surface area contributed by atoms with Crippen molar-refractivity contribution in [3.63, 3.8) is 0 Å². The zero-order valence-electron chi connectivity index (χ0n) is 7.57. The lowest BCUT2D eigenvalue weighted by atomic mass is 10.1. The molecule has 0 aromatic heterocycles. The maximum atomic E-state index is 5.60. The Morgan fingerprint density at radius 1 is 1.38 bits per heavy atom. The van der Waals surface area contributed by atoms with Crippen molar-refractivity contribution in [2.75, 3.05) is 6.61 Å². The zero-order chi connectivity index (χ0) is 9.26. The average molecular weight is 184 g/mol. The Morgan fingerprint density at radius 2 is 2.15 bits per heavy atom. The molecule has 1 aliphatic heterocycles. The van der Waals surface area contributed by atoms with Crippen molar-refractivity contribution >= 4 is 5.96 Å². The molecule has 2 rings (SSSR count). The van der Waals surface area contributed by atoms with Crippen molar-refractivity contribution in [3.05, 3.63) is 0 Å². The first-order valence-corrected chi connectivity index (χ1v) is 4.72. The fourth-order valence-corrected chi connectivity index (χ4v) is 1.83. The van der Waals surface area contributed by atoms with Crippen LogP contribution in [0.2, 0.25) is 0 Å². The predicted molar refractivity (Wildman–Crippen MR) is 49.8 cm³/mol. The number of ether oxygens (including phenoxy) is 1. The van der Waals surface area contributed by atoms with Crippen molar-refractivity contribution in [3.8, 4) is 0 Å². The summed E-state index contributed by atoms with van der Waals surface area (Å²) >= 11 is 0. The maximum Gasteiger partial charge on any atom is 0.203 e. The smallest absolute Gasteiger partial charge is 0.203 e. The standard InChI is InChI=1S/C8H16N4O/c9-8(12-10)11-6-3-4-13-7(6)5-1-2-5/h5-7H,1-4,10H2,(H3,9,11,12). The molecule has 0 spiro atoms. The topological polar surface area (TPSA) is 85.7 Å². The van der Waals surface area contributed by atoms with Gasteiger partial charge in [-0.25, -0.2) is 10.8 Å². The number of hydrogen-bond acceptors (Lipinski definition) is 3. The molecule has 0 bridgehead atoms. The summed E-state index contributed by atoms with van der Waals surface area (Å²) in [6, 6.07) is 0.212. The molecule has 1 heterocycles. The summed E-state index contributed by atoms with van der Waals surface area (Å²) in [4.78, 5) is 4.27. The van der Waals surface area contributed by atoms with E-state index in [4.69, 9.17) is 16.3 Å². The second-order valence-corrected chi connectivity index (χ2v) is 3.69. The van der Waals surface area contributed by atoms with E-state index in [0.29, 0.717) is 11.9 Å². The Hall–Kier alpha value is -0.810. The summed E-state index contributed by atoms with van der Waals surface area (Å²) in [5.41, 5.74) is 7.84. The molecule has 5 N–H and O–H groups in total.